The molecule has 0 aliphatic heterocycles. The molecule has 4 atom stereocenters. The Hall–Kier alpha value is -3.99. The van der Waals surface area contributed by atoms with Gasteiger partial charge in [-0.25, -0.2) is 4.79 Å². The summed E-state index contributed by atoms with van der Waals surface area (Å²) >= 11 is 0. The van der Waals surface area contributed by atoms with Crippen LogP contribution in [0.4, 0.5) is 0 Å². The van der Waals surface area contributed by atoms with Crippen LogP contribution < -0.4 is 38.9 Å². The van der Waals surface area contributed by atoms with Gasteiger partial charge >= 0.3 is 11.9 Å². The SMILES string of the molecule is NC(=O)CCC(NC(=O)C(CO)NC(=O)C(CC(=O)O)NC(=O)C(N)CCCN=C(N)N)C(=O)O. The first kappa shape index (κ1) is 31.0. The van der Waals surface area contributed by atoms with Crippen LogP contribution in [0.15, 0.2) is 4.99 Å². The van der Waals surface area contributed by atoms with Gasteiger partial charge in [0.15, 0.2) is 5.96 Å². The molecule has 0 rings (SSSR count). The molecule has 0 heterocycles. The van der Waals surface area contributed by atoms with E-state index in [9.17, 15) is 33.9 Å². The van der Waals surface area contributed by atoms with Crippen molar-refractivity contribution in [3.63, 3.8) is 0 Å². The lowest BCUT2D eigenvalue weighted by atomic mass is 10.1. The molecule has 17 nitrogen and oxygen atoms in total. The lowest BCUT2D eigenvalue weighted by Crippen LogP contribution is -2.58. The summed E-state index contributed by atoms with van der Waals surface area (Å²) in [7, 11) is 0. The minimum Gasteiger partial charge on any atom is -0.481 e. The molecule has 0 spiro atoms. The number of hydrogen-bond acceptors (Lipinski definition) is 9. The third-order valence-electron chi connectivity index (χ3n) is 4.43. The molecular formula is C18H32N8O9. The molecule has 0 saturated carbocycles. The fourth-order valence-corrected chi connectivity index (χ4v) is 2.60. The number of nitrogens with two attached hydrogens (primary N) is 4. The van der Waals surface area contributed by atoms with Gasteiger partial charge in [-0.05, 0) is 19.3 Å². The summed E-state index contributed by atoms with van der Waals surface area (Å²) in [4.78, 5) is 74.1. The third kappa shape index (κ3) is 13.3. The number of aliphatic hydroxyl groups is 1. The van der Waals surface area contributed by atoms with Crippen molar-refractivity contribution >= 4 is 41.5 Å². The quantitative estimate of drug-likeness (QED) is 0.0504. The lowest BCUT2D eigenvalue weighted by Gasteiger charge is -2.23. The summed E-state index contributed by atoms with van der Waals surface area (Å²) in [6.07, 6.45) is -1.16. The largest absolute Gasteiger partial charge is 0.481 e. The normalized spacial score (nSPS) is 13.9. The lowest BCUT2D eigenvalue weighted by molar-refractivity contribution is -0.143. The predicted octanol–water partition coefficient (Wildman–Crippen LogP) is -5.36. The van der Waals surface area contributed by atoms with Crippen LogP contribution in [0.2, 0.25) is 0 Å². The number of aliphatic hydroxyl groups excluding tert-OH is 1. The van der Waals surface area contributed by atoms with Gasteiger partial charge in [-0.1, -0.05) is 0 Å². The summed E-state index contributed by atoms with van der Waals surface area (Å²) < 4.78 is 0. The zero-order valence-electron chi connectivity index (χ0n) is 18.8. The van der Waals surface area contributed by atoms with Crippen LogP contribution >= 0.6 is 0 Å². The monoisotopic (exact) mass is 504 g/mol. The number of primary amides is 1. The Bertz CT molecular complexity index is 816. The van der Waals surface area contributed by atoms with E-state index in [1.807, 2.05) is 10.6 Å². The van der Waals surface area contributed by atoms with Crippen LogP contribution in [0.5, 0.6) is 0 Å². The minimum absolute atomic E-state index is 0.105. The number of aliphatic carboxylic acids is 2. The first-order valence-corrected chi connectivity index (χ1v) is 10.3. The van der Waals surface area contributed by atoms with E-state index >= 15 is 0 Å². The summed E-state index contributed by atoms with van der Waals surface area (Å²) in [5.41, 5.74) is 21.0. The molecule has 0 aliphatic carbocycles. The number of carbonyl (C=O) groups excluding carboxylic acids is 4. The molecule has 0 fully saturated rings. The number of rotatable bonds is 17. The predicted molar refractivity (Wildman–Crippen MR) is 119 cm³/mol. The standard InChI is InChI=1S/C18H32N8O9/c19-8(2-1-5-23-18(21)22)14(31)25-10(6-13(29)30)15(32)26-11(7-27)16(33)24-9(17(34)35)3-4-12(20)28/h8-11,27H,1-7,19H2,(H2,20,28)(H,24,33)(H,25,31)(H,26,32)(H,29,30)(H,34,35)(H4,21,22,23). The maximum atomic E-state index is 12.5. The number of nitrogens with one attached hydrogen (secondary N) is 3. The zero-order valence-corrected chi connectivity index (χ0v) is 18.8. The highest BCUT2D eigenvalue weighted by Gasteiger charge is 2.31. The molecule has 198 valence electrons. The van der Waals surface area contributed by atoms with Crippen LogP contribution in [0.1, 0.15) is 32.1 Å². The number of carboxylic acid groups (broad SMARTS) is 2. The van der Waals surface area contributed by atoms with Crippen LogP contribution in [0.25, 0.3) is 0 Å². The van der Waals surface area contributed by atoms with Gasteiger partial charge in [0.1, 0.15) is 18.1 Å². The molecule has 4 unspecified atom stereocenters. The van der Waals surface area contributed by atoms with E-state index in [4.69, 9.17) is 33.1 Å². The van der Waals surface area contributed by atoms with E-state index in [0.29, 0.717) is 6.42 Å². The molecule has 0 aliphatic rings. The molecule has 4 amide bonds. The van der Waals surface area contributed by atoms with Crippen molar-refractivity contribution in [1.29, 1.82) is 0 Å². The molecule has 0 radical (unpaired) electrons. The van der Waals surface area contributed by atoms with Gasteiger partial charge in [0.2, 0.25) is 23.6 Å². The van der Waals surface area contributed by atoms with Gasteiger partial charge in [0.25, 0.3) is 0 Å². The van der Waals surface area contributed by atoms with Crippen molar-refractivity contribution in [3.8, 4) is 0 Å². The number of carboxylic acids is 2. The second-order valence-electron chi connectivity index (χ2n) is 7.36. The van der Waals surface area contributed by atoms with Gasteiger partial charge in [-0.3, -0.25) is 29.0 Å². The second-order valence-corrected chi connectivity index (χ2v) is 7.36. The Morgan fingerprint density at radius 1 is 0.800 bits per heavy atom. The first-order chi connectivity index (χ1) is 16.3. The highest BCUT2D eigenvalue weighted by atomic mass is 16.4. The van der Waals surface area contributed by atoms with E-state index in [1.165, 1.54) is 0 Å². The molecule has 0 bridgehead atoms. The number of amides is 4. The Morgan fingerprint density at radius 2 is 1.34 bits per heavy atom. The Labute approximate surface area is 199 Å². The van der Waals surface area contributed by atoms with E-state index in [0.717, 1.165) is 0 Å². The maximum Gasteiger partial charge on any atom is 0.326 e. The van der Waals surface area contributed by atoms with Crippen LogP contribution in [-0.4, -0.2) is 94.2 Å². The molecule has 17 heteroatoms. The number of nitrogens with zero attached hydrogens (tertiary/aromatic N) is 1. The van der Waals surface area contributed by atoms with E-state index < -0.39 is 72.8 Å². The molecular weight excluding hydrogens is 472 g/mol. The van der Waals surface area contributed by atoms with Crippen molar-refractivity contribution in [2.45, 2.75) is 56.3 Å². The molecule has 0 aromatic rings. The first-order valence-electron chi connectivity index (χ1n) is 10.3. The average molecular weight is 505 g/mol. The average Bonchev–Trinajstić information content (AvgIpc) is 2.75. The smallest absolute Gasteiger partial charge is 0.326 e. The van der Waals surface area contributed by atoms with Gasteiger partial charge in [-0.15, -0.1) is 0 Å². The number of carbonyl (C=O) groups is 6. The summed E-state index contributed by atoms with van der Waals surface area (Å²) in [5.74, 6) is -7.05. The molecule has 0 aromatic heterocycles. The van der Waals surface area contributed by atoms with E-state index in [1.54, 1.807) is 0 Å². The summed E-state index contributed by atoms with van der Waals surface area (Å²) in [6.45, 7) is -0.801. The van der Waals surface area contributed by atoms with E-state index in [-0.39, 0.29) is 31.8 Å². The Balaban J connectivity index is 5.18. The van der Waals surface area contributed by atoms with Crippen molar-refractivity contribution in [2.24, 2.45) is 27.9 Å². The van der Waals surface area contributed by atoms with Crippen LogP contribution in [0.3, 0.4) is 0 Å². The van der Waals surface area contributed by atoms with Gasteiger partial charge in [-0.2, -0.15) is 0 Å². The van der Waals surface area contributed by atoms with Crippen LogP contribution in [-0.2, 0) is 28.8 Å². The summed E-state index contributed by atoms with van der Waals surface area (Å²) in [5, 5.41) is 33.9. The molecule has 0 saturated heterocycles. The third-order valence-corrected chi connectivity index (χ3v) is 4.43. The highest BCUT2D eigenvalue weighted by molar-refractivity contribution is 5.95. The number of aliphatic imine (C=N–C) groups is 1. The van der Waals surface area contributed by atoms with Crippen molar-refractivity contribution in [3.05, 3.63) is 0 Å². The van der Waals surface area contributed by atoms with Crippen molar-refractivity contribution in [1.82, 2.24) is 16.0 Å². The molecule has 0 aromatic carbocycles. The minimum atomic E-state index is -1.70. The Kier molecular flexibility index (Phi) is 14.0. The highest BCUT2D eigenvalue weighted by Crippen LogP contribution is 2.02. The van der Waals surface area contributed by atoms with Gasteiger partial charge in [0.05, 0.1) is 19.1 Å². The number of hydrogen-bond donors (Lipinski definition) is 10. The second kappa shape index (κ2) is 15.8. The Morgan fingerprint density at radius 3 is 1.83 bits per heavy atom. The fraction of sp³-hybridized carbons (Fsp3) is 0.611. The van der Waals surface area contributed by atoms with Crippen molar-refractivity contribution in [2.75, 3.05) is 13.2 Å². The molecule has 14 N–H and O–H groups in total. The van der Waals surface area contributed by atoms with E-state index in [2.05, 4.69) is 10.3 Å². The molecule has 35 heavy (non-hydrogen) atoms. The number of guanidine groups is 1. The fourth-order valence-electron chi connectivity index (χ4n) is 2.60. The zero-order chi connectivity index (χ0) is 27.1. The summed E-state index contributed by atoms with van der Waals surface area (Å²) in [6, 6.07) is -6.05. The maximum absolute atomic E-state index is 12.5. The van der Waals surface area contributed by atoms with Crippen LogP contribution in [0, 0.1) is 0 Å². The topological polar surface area (TPSA) is 316 Å². The van der Waals surface area contributed by atoms with Crippen molar-refractivity contribution < 1.29 is 44.1 Å². The van der Waals surface area contributed by atoms with Gasteiger partial charge < -0.3 is 54.2 Å². The van der Waals surface area contributed by atoms with Gasteiger partial charge in [0, 0.05) is 13.0 Å².